The molecule has 1 aliphatic heterocycles. The number of nitrogens with one attached hydrogen (secondary N) is 2. The second-order valence-corrected chi connectivity index (χ2v) is 5.94. The molecule has 3 rings (SSSR count). The number of ether oxygens (including phenoxy) is 2. The van der Waals surface area contributed by atoms with E-state index < -0.39 is 11.8 Å². The SMILES string of the molecule is O=C(NO)c1cc2cc(c1)COCc1cc(cc(C(=O)NO)c1)COC2. The van der Waals surface area contributed by atoms with Crippen LogP contribution in [0, 0.1) is 0 Å². The van der Waals surface area contributed by atoms with E-state index in [4.69, 9.17) is 19.9 Å². The van der Waals surface area contributed by atoms with Gasteiger partial charge >= 0.3 is 0 Å². The Labute approximate surface area is 149 Å². The molecule has 4 N–H and O–H groups in total. The van der Waals surface area contributed by atoms with Gasteiger partial charge in [0.25, 0.3) is 11.8 Å². The summed E-state index contributed by atoms with van der Waals surface area (Å²) in [5.41, 5.74) is 6.89. The van der Waals surface area contributed by atoms with Crippen LogP contribution >= 0.6 is 0 Å². The van der Waals surface area contributed by atoms with E-state index in [0.717, 1.165) is 22.3 Å². The van der Waals surface area contributed by atoms with E-state index in [-0.39, 0.29) is 26.4 Å². The van der Waals surface area contributed by atoms with Crippen molar-refractivity contribution in [3.05, 3.63) is 69.8 Å². The van der Waals surface area contributed by atoms with Crippen molar-refractivity contribution in [1.82, 2.24) is 11.0 Å². The lowest BCUT2D eigenvalue weighted by molar-refractivity contribution is 0.0702. The van der Waals surface area contributed by atoms with E-state index in [1.54, 1.807) is 35.2 Å². The van der Waals surface area contributed by atoms with Crippen LogP contribution in [0.2, 0.25) is 0 Å². The van der Waals surface area contributed by atoms with Crippen molar-refractivity contribution in [2.24, 2.45) is 0 Å². The van der Waals surface area contributed by atoms with Crippen LogP contribution in [0.5, 0.6) is 0 Å². The molecule has 8 nitrogen and oxygen atoms in total. The number of carbonyl (C=O) groups excluding carboxylic acids is 2. The van der Waals surface area contributed by atoms with Gasteiger partial charge in [0, 0.05) is 11.1 Å². The van der Waals surface area contributed by atoms with E-state index in [0.29, 0.717) is 11.1 Å². The molecule has 2 amide bonds. The molecule has 26 heavy (non-hydrogen) atoms. The second-order valence-electron chi connectivity index (χ2n) is 5.94. The Morgan fingerprint density at radius 3 is 1.23 bits per heavy atom. The first-order valence-corrected chi connectivity index (χ1v) is 7.89. The summed E-state index contributed by atoms with van der Waals surface area (Å²) in [5, 5.41) is 17.7. The fourth-order valence-corrected chi connectivity index (χ4v) is 2.82. The summed E-state index contributed by atoms with van der Waals surface area (Å²) in [5.74, 6) is -1.21. The van der Waals surface area contributed by atoms with Crippen LogP contribution in [0.1, 0.15) is 43.0 Å². The quantitative estimate of drug-likeness (QED) is 0.479. The van der Waals surface area contributed by atoms with E-state index >= 15 is 0 Å². The maximum atomic E-state index is 11.7. The van der Waals surface area contributed by atoms with Crippen molar-refractivity contribution in [3.8, 4) is 0 Å². The zero-order valence-electron chi connectivity index (χ0n) is 13.8. The summed E-state index contributed by atoms with van der Waals surface area (Å²) in [7, 11) is 0. The predicted octanol–water partition coefficient (Wildman–Crippen LogP) is 1.67. The van der Waals surface area contributed by atoms with Gasteiger partial charge < -0.3 is 9.47 Å². The van der Waals surface area contributed by atoms with Crippen LogP contribution in [0.25, 0.3) is 0 Å². The molecule has 2 aromatic carbocycles. The van der Waals surface area contributed by atoms with Gasteiger partial charge in [0.05, 0.1) is 26.4 Å². The third-order valence-electron chi connectivity index (χ3n) is 3.91. The first-order chi connectivity index (χ1) is 12.6. The molecule has 2 aromatic rings. The molecule has 0 atom stereocenters. The third-order valence-corrected chi connectivity index (χ3v) is 3.91. The number of carbonyl (C=O) groups is 2. The Hall–Kier alpha value is -2.78. The lowest BCUT2D eigenvalue weighted by Gasteiger charge is -2.14. The first kappa shape index (κ1) is 18.0. The molecule has 0 saturated heterocycles. The molecular formula is C18H18N2O6. The molecule has 0 spiro atoms. The molecule has 4 bridgehead atoms. The summed E-state index contributed by atoms with van der Waals surface area (Å²) in [6.07, 6.45) is 0. The second kappa shape index (κ2) is 8.07. The summed E-state index contributed by atoms with van der Waals surface area (Å²) >= 11 is 0. The molecule has 0 radical (unpaired) electrons. The van der Waals surface area contributed by atoms with E-state index in [1.165, 1.54) is 0 Å². The molecule has 1 heterocycles. The fourth-order valence-electron chi connectivity index (χ4n) is 2.82. The highest BCUT2D eigenvalue weighted by Crippen LogP contribution is 2.18. The zero-order valence-corrected chi connectivity index (χ0v) is 13.8. The molecule has 8 heteroatoms. The highest BCUT2D eigenvalue weighted by Gasteiger charge is 2.12. The lowest BCUT2D eigenvalue weighted by Crippen LogP contribution is -2.19. The molecular weight excluding hydrogens is 340 g/mol. The molecule has 0 saturated carbocycles. The van der Waals surface area contributed by atoms with Crippen molar-refractivity contribution >= 4 is 11.8 Å². The summed E-state index contributed by atoms with van der Waals surface area (Å²) < 4.78 is 11.4. The van der Waals surface area contributed by atoms with Gasteiger partial charge in [0.15, 0.2) is 0 Å². The molecule has 1 aliphatic rings. The topological polar surface area (TPSA) is 117 Å². The van der Waals surface area contributed by atoms with E-state index in [2.05, 4.69) is 0 Å². The average molecular weight is 358 g/mol. The zero-order chi connectivity index (χ0) is 18.5. The molecule has 136 valence electrons. The van der Waals surface area contributed by atoms with Gasteiger partial charge in [-0.05, 0) is 46.5 Å². The predicted molar refractivity (Wildman–Crippen MR) is 88.4 cm³/mol. The molecule has 0 fully saturated rings. The Balaban J connectivity index is 1.88. The maximum Gasteiger partial charge on any atom is 0.274 e. The van der Waals surface area contributed by atoms with Gasteiger partial charge in [-0.15, -0.1) is 0 Å². The van der Waals surface area contributed by atoms with Crippen LogP contribution in [0.3, 0.4) is 0 Å². The number of amides is 2. The minimum atomic E-state index is -0.606. The number of rotatable bonds is 2. The summed E-state index contributed by atoms with van der Waals surface area (Å²) in [4.78, 5) is 23.4. The van der Waals surface area contributed by atoms with Gasteiger partial charge in [-0.3, -0.25) is 20.0 Å². The van der Waals surface area contributed by atoms with Crippen molar-refractivity contribution < 1.29 is 29.5 Å². The fraction of sp³-hybridized carbons (Fsp3) is 0.222. The minimum absolute atomic E-state index is 0.241. The van der Waals surface area contributed by atoms with Crippen LogP contribution in [-0.2, 0) is 35.9 Å². The Morgan fingerprint density at radius 2 is 0.962 bits per heavy atom. The monoisotopic (exact) mass is 358 g/mol. The molecule has 0 aliphatic carbocycles. The van der Waals surface area contributed by atoms with Gasteiger partial charge in [0.2, 0.25) is 0 Å². The van der Waals surface area contributed by atoms with Crippen LogP contribution in [0.15, 0.2) is 36.4 Å². The lowest BCUT2D eigenvalue weighted by atomic mass is 10.0. The number of hydrogen-bond acceptors (Lipinski definition) is 6. The highest BCUT2D eigenvalue weighted by atomic mass is 16.5. The Bertz CT molecular complexity index is 722. The standard InChI is InChI=1S/C18H18N2O6/c21-17(19-23)15-3-11-1-12(4-15)8-26-10-14-2-13(9-25-7-11)5-16(6-14)18(22)20-24/h1-6,23-24H,7-10H2,(H,19,21)(H,20,22). The maximum absolute atomic E-state index is 11.7. The summed E-state index contributed by atoms with van der Waals surface area (Å²) in [6.45, 7) is 0.965. The molecule has 0 aromatic heterocycles. The normalized spacial score (nSPS) is 13.9. The largest absolute Gasteiger partial charge is 0.372 e. The number of hydrogen-bond donors (Lipinski definition) is 4. The van der Waals surface area contributed by atoms with E-state index in [1.807, 2.05) is 12.1 Å². The molecule has 0 unspecified atom stereocenters. The third kappa shape index (κ3) is 4.24. The highest BCUT2D eigenvalue weighted by molar-refractivity contribution is 5.94. The van der Waals surface area contributed by atoms with Gasteiger partial charge in [-0.25, -0.2) is 11.0 Å². The van der Waals surface area contributed by atoms with Gasteiger partial charge in [-0.1, -0.05) is 12.1 Å². The van der Waals surface area contributed by atoms with Crippen molar-refractivity contribution in [1.29, 1.82) is 0 Å². The van der Waals surface area contributed by atoms with E-state index in [9.17, 15) is 9.59 Å². The Morgan fingerprint density at radius 1 is 0.654 bits per heavy atom. The Kier molecular flexibility index (Phi) is 5.59. The van der Waals surface area contributed by atoms with Crippen molar-refractivity contribution in [3.63, 3.8) is 0 Å². The van der Waals surface area contributed by atoms with Crippen molar-refractivity contribution in [2.45, 2.75) is 26.4 Å². The van der Waals surface area contributed by atoms with Crippen LogP contribution < -0.4 is 11.0 Å². The number of fused-ring (bicyclic) bond motifs is 4. The number of hydroxylamine groups is 2. The first-order valence-electron chi connectivity index (χ1n) is 7.89. The van der Waals surface area contributed by atoms with Crippen LogP contribution in [0.4, 0.5) is 0 Å². The average Bonchev–Trinajstić information content (AvgIpc) is 2.65. The smallest absolute Gasteiger partial charge is 0.274 e. The van der Waals surface area contributed by atoms with Gasteiger partial charge in [0.1, 0.15) is 0 Å². The summed E-state index contributed by atoms with van der Waals surface area (Å²) in [6, 6.07) is 10.2. The van der Waals surface area contributed by atoms with Crippen molar-refractivity contribution in [2.75, 3.05) is 0 Å². The van der Waals surface area contributed by atoms with Gasteiger partial charge in [-0.2, -0.15) is 0 Å². The number of benzene rings is 2. The van der Waals surface area contributed by atoms with Crippen LogP contribution in [-0.4, -0.2) is 22.2 Å². The minimum Gasteiger partial charge on any atom is -0.372 e.